The van der Waals surface area contributed by atoms with Crippen molar-refractivity contribution < 1.29 is 4.79 Å². The summed E-state index contributed by atoms with van der Waals surface area (Å²) in [6, 6.07) is 15.1. The van der Waals surface area contributed by atoms with E-state index >= 15 is 0 Å². The Morgan fingerprint density at radius 1 is 1.18 bits per heavy atom. The Labute approximate surface area is 129 Å². The van der Waals surface area contributed by atoms with Crippen molar-refractivity contribution in [3.63, 3.8) is 0 Å². The van der Waals surface area contributed by atoms with Crippen molar-refractivity contribution in [2.45, 2.75) is 26.3 Å². The van der Waals surface area contributed by atoms with Gasteiger partial charge in [-0.3, -0.25) is 4.79 Å². The molecule has 1 N–H and O–H groups in total. The Bertz CT molecular complexity index is 792. The summed E-state index contributed by atoms with van der Waals surface area (Å²) in [6.07, 6.45) is 0.982. The first-order valence-corrected chi connectivity index (χ1v) is 7.38. The number of aromatic nitrogens is 3. The maximum Gasteiger partial charge on any atom is 0.249 e. The zero-order chi connectivity index (χ0) is 15.5. The van der Waals surface area contributed by atoms with E-state index in [4.69, 9.17) is 0 Å². The highest BCUT2D eigenvalue weighted by Gasteiger charge is 2.18. The first-order valence-electron chi connectivity index (χ1n) is 7.38. The number of benzene rings is 2. The summed E-state index contributed by atoms with van der Waals surface area (Å²) in [6.45, 7) is 3.92. The Morgan fingerprint density at radius 2 is 1.91 bits per heavy atom. The van der Waals surface area contributed by atoms with Crippen molar-refractivity contribution in [2.24, 2.45) is 0 Å². The topological polar surface area (TPSA) is 59.8 Å². The Morgan fingerprint density at radius 3 is 2.64 bits per heavy atom. The first-order chi connectivity index (χ1) is 10.7. The van der Waals surface area contributed by atoms with E-state index in [-0.39, 0.29) is 5.91 Å². The highest BCUT2D eigenvalue weighted by Crippen LogP contribution is 2.17. The van der Waals surface area contributed by atoms with E-state index in [1.54, 1.807) is 4.68 Å². The van der Waals surface area contributed by atoms with Crippen LogP contribution in [0.1, 0.15) is 25.5 Å². The Kier molecular flexibility index (Phi) is 3.87. The number of carbonyl (C=O) groups is 1. The number of anilines is 1. The molecule has 3 aromatic rings. The second-order valence-electron chi connectivity index (χ2n) is 5.24. The molecule has 0 saturated heterocycles. The number of nitrogens with one attached hydrogen (secondary N) is 1. The fourth-order valence-corrected chi connectivity index (χ4v) is 2.35. The second-order valence-corrected chi connectivity index (χ2v) is 5.24. The number of hydrogen-bond donors (Lipinski definition) is 1. The molecule has 1 aromatic heterocycles. The molecule has 0 fully saturated rings. The van der Waals surface area contributed by atoms with Crippen molar-refractivity contribution in [3.8, 4) is 0 Å². The van der Waals surface area contributed by atoms with Crippen LogP contribution in [0, 0.1) is 0 Å². The number of para-hydroxylation sites is 1. The third kappa shape index (κ3) is 2.70. The normalized spacial score (nSPS) is 12.3. The molecule has 0 saturated carbocycles. The minimum absolute atomic E-state index is 0.111. The molecule has 5 heteroatoms. The maximum atomic E-state index is 12.4. The van der Waals surface area contributed by atoms with E-state index in [1.807, 2.05) is 55.5 Å². The predicted octanol–water partition coefficient (Wildman–Crippen LogP) is 3.19. The molecule has 0 aliphatic heterocycles. The lowest BCUT2D eigenvalue weighted by molar-refractivity contribution is -0.119. The van der Waals surface area contributed by atoms with Crippen LogP contribution in [0.25, 0.3) is 11.0 Å². The second kappa shape index (κ2) is 5.97. The molecule has 22 heavy (non-hydrogen) atoms. The van der Waals surface area contributed by atoms with Crippen molar-refractivity contribution in [1.82, 2.24) is 15.0 Å². The van der Waals surface area contributed by atoms with Gasteiger partial charge in [0.2, 0.25) is 5.91 Å². The maximum absolute atomic E-state index is 12.4. The average molecular weight is 294 g/mol. The van der Waals surface area contributed by atoms with Gasteiger partial charge in [0.15, 0.2) is 0 Å². The van der Waals surface area contributed by atoms with E-state index in [0.29, 0.717) is 0 Å². The zero-order valence-corrected chi connectivity index (χ0v) is 12.7. The fourth-order valence-electron chi connectivity index (χ4n) is 2.35. The van der Waals surface area contributed by atoms with Crippen LogP contribution in [0.2, 0.25) is 0 Å². The van der Waals surface area contributed by atoms with E-state index in [9.17, 15) is 4.79 Å². The molecule has 0 spiro atoms. The fraction of sp³-hybridized carbons (Fsp3) is 0.235. The van der Waals surface area contributed by atoms with Crippen LogP contribution in [-0.4, -0.2) is 20.9 Å². The van der Waals surface area contributed by atoms with E-state index < -0.39 is 6.04 Å². The minimum atomic E-state index is -0.432. The smallest absolute Gasteiger partial charge is 0.249 e. The number of fused-ring (bicyclic) bond motifs is 1. The van der Waals surface area contributed by atoms with Crippen LogP contribution >= 0.6 is 0 Å². The van der Waals surface area contributed by atoms with Gasteiger partial charge in [0.25, 0.3) is 0 Å². The molecule has 0 bridgehead atoms. The van der Waals surface area contributed by atoms with Crippen LogP contribution in [0.4, 0.5) is 5.69 Å². The number of nitrogens with zero attached hydrogens (tertiary/aromatic N) is 3. The molecule has 3 rings (SSSR count). The van der Waals surface area contributed by atoms with Gasteiger partial charge in [0.1, 0.15) is 11.6 Å². The van der Waals surface area contributed by atoms with Gasteiger partial charge in [-0.05, 0) is 43.2 Å². The number of aryl methyl sites for hydroxylation is 1. The van der Waals surface area contributed by atoms with E-state index in [2.05, 4.69) is 22.6 Å². The lowest BCUT2D eigenvalue weighted by Crippen LogP contribution is -2.24. The largest absolute Gasteiger partial charge is 0.324 e. The molecular weight excluding hydrogens is 276 g/mol. The van der Waals surface area contributed by atoms with Crippen LogP contribution in [0.5, 0.6) is 0 Å². The van der Waals surface area contributed by atoms with Gasteiger partial charge in [-0.2, -0.15) is 0 Å². The minimum Gasteiger partial charge on any atom is -0.324 e. The highest BCUT2D eigenvalue weighted by molar-refractivity contribution is 5.94. The third-order valence-electron chi connectivity index (χ3n) is 3.75. The molecule has 2 aromatic carbocycles. The first kappa shape index (κ1) is 14.3. The number of hydrogen-bond acceptors (Lipinski definition) is 3. The molecule has 1 atom stereocenters. The monoisotopic (exact) mass is 294 g/mol. The molecule has 1 heterocycles. The SMILES string of the molecule is CCc1ccc(NC(=O)C(C)n2nnc3ccccc32)cc1. The molecule has 1 amide bonds. The van der Waals surface area contributed by atoms with Gasteiger partial charge in [-0.1, -0.05) is 36.4 Å². The molecular formula is C17H18N4O. The summed E-state index contributed by atoms with van der Waals surface area (Å²) in [7, 11) is 0. The average Bonchev–Trinajstić information content (AvgIpc) is 2.99. The van der Waals surface area contributed by atoms with E-state index in [1.165, 1.54) is 5.56 Å². The molecule has 0 aliphatic rings. The molecule has 5 nitrogen and oxygen atoms in total. The summed E-state index contributed by atoms with van der Waals surface area (Å²) in [5.41, 5.74) is 3.67. The summed E-state index contributed by atoms with van der Waals surface area (Å²) < 4.78 is 1.64. The quantitative estimate of drug-likeness (QED) is 0.804. The summed E-state index contributed by atoms with van der Waals surface area (Å²) in [5.74, 6) is -0.111. The molecule has 112 valence electrons. The van der Waals surface area contributed by atoms with E-state index in [0.717, 1.165) is 23.1 Å². The number of rotatable bonds is 4. The van der Waals surface area contributed by atoms with Crippen molar-refractivity contribution in [3.05, 3.63) is 54.1 Å². The van der Waals surface area contributed by atoms with Crippen molar-refractivity contribution >= 4 is 22.6 Å². The Hall–Kier alpha value is -2.69. The highest BCUT2D eigenvalue weighted by atomic mass is 16.2. The van der Waals surface area contributed by atoms with Gasteiger partial charge in [0, 0.05) is 5.69 Å². The van der Waals surface area contributed by atoms with Gasteiger partial charge >= 0.3 is 0 Å². The van der Waals surface area contributed by atoms with Crippen molar-refractivity contribution in [2.75, 3.05) is 5.32 Å². The third-order valence-corrected chi connectivity index (χ3v) is 3.75. The molecule has 1 unspecified atom stereocenters. The number of amides is 1. The van der Waals surface area contributed by atoms with Crippen molar-refractivity contribution in [1.29, 1.82) is 0 Å². The zero-order valence-electron chi connectivity index (χ0n) is 12.7. The van der Waals surface area contributed by atoms with Gasteiger partial charge < -0.3 is 5.32 Å². The lowest BCUT2D eigenvalue weighted by Gasteiger charge is -2.13. The summed E-state index contributed by atoms with van der Waals surface area (Å²) in [4.78, 5) is 12.4. The number of carbonyl (C=O) groups excluding carboxylic acids is 1. The molecule has 0 radical (unpaired) electrons. The van der Waals surface area contributed by atoms with Crippen LogP contribution in [0.15, 0.2) is 48.5 Å². The van der Waals surface area contributed by atoms with Crippen LogP contribution in [-0.2, 0) is 11.2 Å². The van der Waals surface area contributed by atoms with Gasteiger partial charge in [0.05, 0.1) is 5.52 Å². The summed E-state index contributed by atoms with van der Waals surface area (Å²) in [5, 5.41) is 11.1. The predicted molar refractivity (Wildman–Crippen MR) is 86.7 cm³/mol. The lowest BCUT2D eigenvalue weighted by atomic mass is 10.1. The van der Waals surface area contributed by atoms with Gasteiger partial charge in [-0.25, -0.2) is 4.68 Å². The Balaban J connectivity index is 1.79. The van der Waals surface area contributed by atoms with Crippen LogP contribution < -0.4 is 5.32 Å². The van der Waals surface area contributed by atoms with Gasteiger partial charge in [-0.15, -0.1) is 5.10 Å². The van der Waals surface area contributed by atoms with Crippen LogP contribution in [0.3, 0.4) is 0 Å². The molecule has 0 aliphatic carbocycles. The standard InChI is InChI=1S/C17H18N4O/c1-3-13-8-10-14(11-9-13)18-17(22)12(2)21-16-7-5-4-6-15(16)19-20-21/h4-12H,3H2,1-2H3,(H,18,22). The summed E-state index contributed by atoms with van der Waals surface area (Å²) >= 11 is 0.